The van der Waals surface area contributed by atoms with Crippen LogP contribution in [0.2, 0.25) is 5.02 Å². The van der Waals surface area contributed by atoms with E-state index in [1.165, 1.54) is 0 Å². The summed E-state index contributed by atoms with van der Waals surface area (Å²) in [6.45, 7) is 0. The molecular formula is C9H9ClN4O. The van der Waals surface area contributed by atoms with Crippen LogP contribution in [0.15, 0.2) is 24.4 Å². The molecule has 0 bridgehead atoms. The predicted octanol–water partition coefficient (Wildman–Crippen LogP) is 1.51. The van der Waals surface area contributed by atoms with Crippen molar-refractivity contribution < 1.29 is 4.74 Å². The van der Waals surface area contributed by atoms with Crippen LogP contribution in [0.3, 0.4) is 0 Å². The zero-order valence-electron chi connectivity index (χ0n) is 8.01. The Morgan fingerprint density at radius 1 is 1.47 bits per heavy atom. The minimum Gasteiger partial charge on any atom is -0.495 e. The number of rotatable bonds is 2. The number of hydrogen-bond acceptors (Lipinski definition) is 4. The molecule has 0 spiro atoms. The lowest BCUT2D eigenvalue weighted by atomic mass is 10.3. The topological polar surface area (TPSA) is 66.0 Å². The first-order chi connectivity index (χ1) is 7.20. The van der Waals surface area contributed by atoms with Crippen LogP contribution in [0.5, 0.6) is 5.75 Å². The van der Waals surface area contributed by atoms with E-state index >= 15 is 0 Å². The second kappa shape index (κ2) is 3.78. The number of methoxy groups -OCH3 is 1. The molecule has 1 aromatic heterocycles. The molecule has 5 nitrogen and oxygen atoms in total. The normalized spacial score (nSPS) is 10.3. The highest BCUT2D eigenvalue weighted by atomic mass is 35.5. The molecule has 0 saturated carbocycles. The zero-order chi connectivity index (χ0) is 10.8. The van der Waals surface area contributed by atoms with Crippen molar-refractivity contribution in [3.63, 3.8) is 0 Å². The van der Waals surface area contributed by atoms with Gasteiger partial charge in [-0.3, -0.25) is 0 Å². The van der Waals surface area contributed by atoms with E-state index in [2.05, 4.69) is 10.3 Å². The van der Waals surface area contributed by atoms with Crippen molar-refractivity contribution in [3.05, 3.63) is 29.4 Å². The average Bonchev–Trinajstić information content (AvgIpc) is 2.66. The summed E-state index contributed by atoms with van der Waals surface area (Å²) in [7, 11) is 1.56. The summed E-state index contributed by atoms with van der Waals surface area (Å²) in [6, 6.07) is 5.29. The van der Waals surface area contributed by atoms with E-state index in [0.29, 0.717) is 16.6 Å². The summed E-state index contributed by atoms with van der Waals surface area (Å²) in [5, 5.41) is 8.07. The second-order valence-electron chi connectivity index (χ2n) is 2.91. The van der Waals surface area contributed by atoms with Crippen molar-refractivity contribution >= 4 is 17.4 Å². The van der Waals surface area contributed by atoms with Crippen molar-refractivity contribution in [3.8, 4) is 11.4 Å². The highest BCUT2D eigenvalue weighted by Gasteiger charge is 2.04. The standard InChI is InChI=1S/C9H9ClN4O/c1-15-8-4-6(2-3-7(8)10)14-5-9(11)12-13-14/h2-5H,11H2,1H3. The molecule has 0 aliphatic rings. The van der Waals surface area contributed by atoms with E-state index < -0.39 is 0 Å². The Morgan fingerprint density at radius 3 is 2.87 bits per heavy atom. The molecular weight excluding hydrogens is 216 g/mol. The summed E-state index contributed by atoms with van der Waals surface area (Å²) < 4.78 is 6.64. The lowest BCUT2D eigenvalue weighted by molar-refractivity contribution is 0.414. The summed E-state index contributed by atoms with van der Waals surface area (Å²) in [6.07, 6.45) is 1.61. The Labute approximate surface area is 91.4 Å². The van der Waals surface area contributed by atoms with Gasteiger partial charge in [0.05, 0.1) is 24.0 Å². The van der Waals surface area contributed by atoms with Gasteiger partial charge in [-0.15, -0.1) is 5.10 Å². The average molecular weight is 225 g/mol. The van der Waals surface area contributed by atoms with Crippen molar-refractivity contribution in [1.29, 1.82) is 0 Å². The SMILES string of the molecule is COc1cc(-n2cc(N)nn2)ccc1Cl. The van der Waals surface area contributed by atoms with Crippen LogP contribution in [0.4, 0.5) is 5.82 Å². The molecule has 2 N–H and O–H groups in total. The molecule has 0 fully saturated rings. The van der Waals surface area contributed by atoms with Gasteiger partial charge in [-0.05, 0) is 12.1 Å². The smallest absolute Gasteiger partial charge is 0.166 e. The number of ether oxygens (including phenoxy) is 1. The van der Waals surface area contributed by atoms with Gasteiger partial charge in [0.1, 0.15) is 5.75 Å². The molecule has 0 aliphatic heterocycles. The van der Waals surface area contributed by atoms with Crippen LogP contribution < -0.4 is 10.5 Å². The Bertz CT molecular complexity index is 483. The molecule has 2 rings (SSSR count). The third kappa shape index (κ3) is 1.87. The number of nitrogens with two attached hydrogens (primary N) is 1. The number of nitrogen functional groups attached to an aromatic ring is 1. The second-order valence-corrected chi connectivity index (χ2v) is 3.31. The highest BCUT2D eigenvalue weighted by molar-refractivity contribution is 6.32. The minimum absolute atomic E-state index is 0.365. The lowest BCUT2D eigenvalue weighted by Gasteiger charge is -2.05. The predicted molar refractivity (Wildman–Crippen MR) is 57.3 cm³/mol. The fourth-order valence-corrected chi connectivity index (χ4v) is 1.39. The van der Waals surface area contributed by atoms with Gasteiger partial charge >= 0.3 is 0 Å². The molecule has 0 radical (unpaired) electrons. The lowest BCUT2D eigenvalue weighted by Crippen LogP contribution is -1.96. The Hall–Kier alpha value is -1.75. The number of anilines is 1. The van der Waals surface area contributed by atoms with Crippen LogP contribution in [0.1, 0.15) is 0 Å². The van der Waals surface area contributed by atoms with Crippen LogP contribution in [-0.4, -0.2) is 22.1 Å². The van der Waals surface area contributed by atoms with Gasteiger partial charge in [-0.2, -0.15) is 0 Å². The molecule has 2 aromatic rings. The van der Waals surface area contributed by atoms with Gasteiger partial charge in [0.15, 0.2) is 5.82 Å². The van der Waals surface area contributed by atoms with E-state index in [0.717, 1.165) is 5.69 Å². The van der Waals surface area contributed by atoms with E-state index in [4.69, 9.17) is 22.1 Å². The maximum atomic E-state index is 5.89. The monoisotopic (exact) mass is 224 g/mol. The molecule has 1 heterocycles. The fourth-order valence-electron chi connectivity index (χ4n) is 1.19. The van der Waals surface area contributed by atoms with Gasteiger partial charge in [-0.1, -0.05) is 16.8 Å². The van der Waals surface area contributed by atoms with E-state index in [-0.39, 0.29) is 0 Å². The molecule has 0 unspecified atom stereocenters. The van der Waals surface area contributed by atoms with E-state index in [1.807, 2.05) is 0 Å². The van der Waals surface area contributed by atoms with Gasteiger partial charge in [-0.25, -0.2) is 4.68 Å². The van der Waals surface area contributed by atoms with E-state index in [9.17, 15) is 0 Å². The summed E-state index contributed by atoms with van der Waals surface area (Å²) in [5.41, 5.74) is 6.26. The Kier molecular flexibility index (Phi) is 2.47. The van der Waals surface area contributed by atoms with Crippen molar-refractivity contribution in [2.45, 2.75) is 0 Å². The molecule has 15 heavy (non-hydrogen) atoms. The fraction of sp³-hybridized carbons (Fsp3) is 0.111. The maximum absolute atomic E-state index is 5.89. The third-order valence-electron chi connectivity index (χ3n) is 1.91. The molecule has 0 atom stereocenters. The Balaban J connectivity index is 2.45. The molecule has 78 valence electrons. The maximum Gasteiger partial charge on any atom is 0.166 e. The highest BCUT2D eigenvalue weighted by Crippen LogP contribution is 2.26. The van der Waals surface area contributed by atoms with Crippen LogP contribution in [-0.2, 0) is 0 Å². The molecule has 0 saturated heterocycles. The first kappa shape index (κ1) is 9.79. The third-order valence-corrected chi connectivity index (χ3v) is 2.22. The summed E-state index contributed by atoms with van der Waals surface area (Å²) in [4.78, 5) is 0. The number of hydrogen-bond donors (Lipinski definition) is 1. The Morgan fingerprint density at radius 2 is 2.27 bits per heavy atom. The van der Waals surface area contributed by atoms with Gasteiger partial charge < -0.3 is 10.5 Å². The first-order valence-corrected chi connectivity index (χ1v) is 4.60. The number of halogens is 1. The first-order valence-electron chi connectivity index (χ1n) is 4.22. The van der Waals surface area contributed by atoms with Crippen molar-refractivity contribution in [2.75, 3.05) is 12.8 Å². The number of benzene rings is 1. The molecule has 1 aromatic carbocycles. The summed E-state index contributed by atoms with van der Waals surface area (Å²) >= 11 is 5.89. The van der Waals surface area contributed by atoms with Crippen molar-refractivity contribution in [2.24, 2.45) is 0 Å². The van der Waals surface area contributed by atoms with Gasteiger partial charge in [0, 0.05) is 6.07 Å². The zero-order valence-corrected chi connectivity index (χ0v) is 8.77. The summed E-state index contributed by atoms with van der Waals surface area (Å²) in [5.74, 6) is 0.951. The molecule has 0 amide bonds. The van der Waals surface area contributed by atoms with Crippen LogP contribution in [0, 0.1) is 0 Å². The minimum atomic E-state index is 0.365. The number of nitrogens with zero attached hydrogens (tertiary/aromatic N) is 3. The largest absolute Gasteiger partial charge is 0.495 e. The van der Waals surface area contributed by atoms with Crippen molar-refractivity contribution in [1.82, 2.24) is 15.0 Å². The van der Waals surface area contributed by atoms with Crippen LogP contribution >= 0.6 is 11.6 Å². The molecule has 0 aliphatic carbocycles. The number of aromatic nitrogens is 3. The molecule has 6 heteroatoms. The van der Waals surface area contributed by atoms with Crippen LogP contribution in [0.25, 0.3) is 5.69 Å². The van der Waals surface area contributed by atoms with Gasteiger partial charge in [0.25, 0.3) is 0 Å². The quantitative estimate of drug-likeness (QED) is 0.840. The van der Waals surface area contributed by atoms with E-state index in [1.54, 1.807) is 36.2 Å². The van der Waals surface area contributed by atoms with Gasteiger partial charge in [0.2, 0.25) is 0 Å².